The van der Waals surface area contributed by atoms with Crippen LogP contribution in [0.1, 0.15) is 173 Å². The zero-order valence-corrected chi connectivity index (χ0v) is 85.4. The number of aromatic nitrogens is 24. The molecular weight excluding hydrogens is 2010 g/mol. The van der Waals surface area contributed by atoms with Gasteiger partial charge >= 0.3 is 17.9 Å². The number of aliphatic carboxylic acids is 1. The van der Waals surface area contributed by atoms with Crippen LogP contribution in [0.4, 0.5) is 0 Å². The molecule has 2 saturated carbocycles. The molecule has 6 unspecified atom stereocenters. The summed E-state index contributed by atoms with van der Waals surface area (Å²) in [6.07, 6.45) is 29.3. The smallest absolute Gasteiger partial charge is 0.334 e. The number of hydrogen-bond donors (Lipinski definition) is 12. The third-order valence-corrected chi connectivity index (χ3v) is 27.8. The van der Waals surface area contributed by atoms with Crippen LogP contribution in [-0.2, 0) is 33.4 Å². The number of phenols is 1. The van der Waals surface area contributed by atoms with Crippen molar-refractivity contribution in [3.8, 4) is 11.5 Å². The highest BCUT2D eigenvalue weighted by molar-refractivity contribution is 7.72. The van der Waals surface area contributed by atoms with Gasteiger partial charge in [0.1, 0.15) is 94.5 Å². The van der Waals surface area contributed by atoms with Crippen LogP contribution in [0.5, 0.6) is 11.5 Å². The lowest BCUT2D eigenvalue weighted by molar-refractivity contribution is -0.154. The van der Waals surface area contributed by atoms with Crippen LogP contribution in [0.2, 0.25) is 0 Å². The van der Waals surface area contributed by atoms with Gasteiger partial charge in [-0.05, 0) is 136 Å². The van der Waals surface area contributed by atoms with E-state index >= 15 is 0 Å². The Labute approximate surface area is 878 Å². The number of carboxylic acids is 1. The number of carbonyl (C=O) groups is 5. The summed E-state index contributed by atoms with van der Waals surface area (Å²) in [4.78, 5) is 142. The molecule has 3 aliphatic rings. The molecule has 3 fully saturated rings. The standard InChI is InChI=1S/C19H21N5O2S.C19H20N4O4.C19H20N4O3S.C17H19N5OS.C16H14N4O3S.C14H12N4O2S/c25-14-7-5-6-13(10-14)16(18(26)23-8-3-1-2-4-9-23)24-12-20-17-15(19(24)27)11-21-22-17;24-17-14-16(21-22-17)20-11-23(18(14)25)15(12-7-3-1-4-8-12)19(26)27-13-9-5-2-6-10-13;24-17-14-16(21-22-17)20-11-23(18(14)27)15(12-7-3-1-4-8-12)19(25)26-13-9-5-2-6-10-13;1-3-21(4-2)16(23)14(12-8-6-5-7-9-12)22-11-18-15-13(17(22)24)10-19-20-15;1-2-6-23-11-5-3-4-10(7-11)13(16(21)22)20-9-17-14-12(15(20)24)8-18-19-14;1-8(19)11(9-5-3-2-4-6-9)18-7-15-12-10(14(18)21)13(20)17-16-12/h5-7,10-12,16,25H,1-4,8-9H2,(H,21,22);2*1,3-4,7-8,11,13,15H,2,5-6,9-10H2,(H2,21,22,24);5-11,14H,3-4H2,1-2H3,(H,19,20);2-5,7-9,13H,1,6H2,(H,18,19)(H,21,22);2-7,11,19H,1H2,(H2,16,17,20). The molecule has 6 aromatic carbocycles. The van der Waals surface area contributed by atoms with Gasteiger partial charge in [0, 0.05) is 26.2 Å². The number of carbonyl (C=O) groups excluding carboxylic acids is 4. The molecule has 41 nitrogen and oxygen atoms in total. The minimum absolute atomic E-state index is 0.00643. The van der Waals surface area contributed by atoms with Crippen LogP contribution in [0.15, 0.2) is 271 Å². The first-order chi connectivity index (χ1) is 72.8. The Morgan fingerprint density at radius 3 is 1.19 bits per heavy atom. The number of carboxylic acid groups (broad SMARTS) is 1. The second-order valence-electron chi connectivity index (χ2n) is 35.3. The topological polar surface area (TPSA) is 536 Å². The molecule has 150 heavy (non-hydrogen) atoms. The number of hydrogen-bond acceptors (Lipinski definition) is 28. The Bertz CT molecular complexity index is 8280. The summed E-state index contributed by atoms with van der Waals surface area (Å²) in [7, 11) is 0. The van der Waals surface area contributed by atoms with Gasteiger partial charge in [-0.15, -0.1) is 0 Å². The van der Waals surface area contributed by atoms with E-state index in [-0.39, 0.29) is 83.7 Å². The molecule has 21 rings (SSSR count). The van der Waals surface area contributed by atoms with Crippen LogP contribution < -0.4 is 27.0 Å². The number of aliphatic hydroxyl groups excluding tert-OH is 1. The molecule has 13 heterocycles. The molecule has 6 atom stereocenters. The van der Waals surface area contributed by atoms with Crippen LogP contribution in [-0.4, -0.2) is 218 Å². The van der Waals surface area contributed by atoms with Crippen molar-refractivity contribution >= 4 is 157 Å². The van der Waals surface area contributed by atoms with Crippen LogP contribution in [0.3, 0.4) is 0 Å². The maximum absolute atomic E-state index is 13.5. The summed E-state index contributed by atoms with van der Waals surface area (Å²) >= 11 is 27.5. The number of ether oxygens (including phenoxy) is 3. The van der Waals surface area contributed by atoms with Crippen molar-refractivity contribution in [2.24, 2.45) is 0 Å². The van der Waals surface area contributed by atoms with Gasteiger partial charge in [0.15, 0.2) is 57.4 Å². The summed E-state index contributed by atoms with van der Waals surface area (Å²) in [6.45, 7) is 14.2. The number of rotatable bonds is 25. The number of esters is 2. The molecule has 0 radical (unpaired) electrons. The number of H-pyrrole nitrogens is 9. The summed E-state index contributed by atoms with van der Waals surface area (Å²) in [5, 5.41) is 67.4. The quantitative estimate of drug-likeness (QED) is 0.0109. The monoisotopic (exact) mass is 2120 g/mol. The molecule has 772 valence electrons. The molecule has 1 saturated heterocycles. The van der Waals surface area contributed by atoms with Crippen molar-refractivity contribution in [3.63, 3.8) is 0 Å². The number of aromatic hydroxyl groups is 1. The highest BCUT2D eigenvalue weighted by Gasteiger charge is 2.36. The fraction of sp³-hybridized carbons (Fsp3) is 0.279. The molecule has 0 bridgehead atoms. The average Bonchev–Trinajstić information content (AvgIpc) is 1.31. The van der Waals surface area contributed by atoms with Gasteiger partial charge in [-0.3, -0.25) is 79.2 Å². The molecule has 18 aromatic rings. The van der Waals surface area contributed by atoms with E-state index in [1.807, 2.05) is 122 Å². The highest BCUT2D eigenvalue weighted by Crippen LogP contribution is 2.35. The van der Waals surface area contributed by atoms with E-state index in [1.54, 1.807) is 121 Å². The number of amides is 2. The maximum atomic E-state index is 13.5. The number of nitrogens with zero attached hydrogens (tertiary/aromatic N) is 17. The maximum Gasteiger partial charge on any atom is 0.334 e. The number of aromatic amines is 9. The molecule has 2 amide bonds. The van der Waals surface area contributed by atoms with E-state index in [1.165, 1.54) is 47.1 Å². The highest BCUT2D eigenvalue weighted by atomic mass is 32.1. The van der Waals surface area contributed by atoms with Gasteiger partial charge in [0.25, 0.3) is 22.2 Å². The zero-order chi connectivity index (χ0) is 106. The first kappa shape index (κ1) is 106. The third kappa shape index (κ3) is 24.2. The summed E-state index contributed by atoms with van der Waals surface area (Å²) in [5.41, 5.74) is 5.04. The SMILES string of the molecule is C=C(O)C(c1ccccc1)n1cnc2[nH][nH]c(=O)c2c1=S.C=CCOc1cccc(C(C(=O)O)n2cnc3[nH]ncc3c2=S)c1.CCN(CC)C(=O)C(c1ccccc1)n1cnc2[nH]ncc2c1=S.O=C(C(c1cccc(O)c1)n1cnc2[nH]ncc2c1=S)N1CCCCCC1.O=C(OC1CCCCC1)C(c1ccccc1)n1cnc2[nH][nH]c(=O)c2c1=O.O=C(OC1CCCCC1)C(c1ccccc1)n1cnc2[nH][nH]c(=O)c2c1=S. The fourth-order valence-electron chi connectivity index (χ4n) is 18.2. The van der Waals surface area contributed by atoms with Gasteiger partial charge in [0.2, 0.25) is 11.8 Å². The predicted octanol–water partition coefficient (Wildman–Crippen LogP) is 16.4. The Kier molecular flexibility index (Phi) is 35.0. The van der Waals surface area contributed by atoms with E-state index < -0.39 is 59.3 Å². The van der Waals surface area contributed by atoms with E-state index in [4.69, 9.17) is 75.3 Å². The fourth-order valence-corrected chi connectivity index (χ4v) is 19.8. The number of phenolic OH excluding ortho intramolecular Hbond substituents is 1. The van der Waals surface area contributed by atoms with Gasteiger partial charge in [-0.25, -0.2) is 44.3 Å². The van der Waals surface area contributed by atoms with Crippen LogP contribution >= 0.6 is 61.1 Å². The Balaban J connectivity index is 0.000000128. The van der Waals surface area contributed by atoms with Crippen molar-refractivity contribution in [2.45, 2.75) is 152 Å². The summed E-state index contributed by atoms with van der Waals surface area (Å²) < 4.78 is 28.1. The molecule has 46 heteroatoms. The Morgan fingerprint density at radius 2 is 0.767 bits per heavy atom. The van der Waals surface area contributed by atoms with Crippen molar-refractivity contribution in [1.82, 2.24) is 128 Å². The number of likely N-dealkylation sites (N-methyl/N-ethyl adjacent to an activating group) is 1. The Hall–Kier alpha value is -16.9. The van der Waals surface area contributed by atoms with E-state index in [2.05, 4.69) is 104 Å². The minimum Gasteiger partial charge on any atom is -0.510 e. The van der Waals surface area contributed by atoms with Gasteiger partial charge in [-0.1, -0.05) is 252 Å². The number of likely N-dealkylation sites (tertiary alicyclic amines) is 1. The summed E-state index contributed by atoms with van der Waals surface area (Å²) in [5.74, 6) is -1.36. The Morgan fingerprint density at radius 1 is 0.413 bits per heavy atom. The molecule has 2 aliphatic carbocycles. The zero-order valence-electron chi connectivity index (χ0n) is 81.3. The molecule has 0 spiro atoms. The normalized spacial score (nSPS) is 14.4. The van der Waals surface area contributed by atoms with Crippen molar-refractivity contribution in [2.75, 3.05) is 32.8 Å². The predicted molar refractivity (Wildman–Crippen MR) is 573 cm³/mol. The lowest BCUT2D eigenvalue weighted by Gasteiger charge is -2.28. The van der Waals surface area contributed by atoms with Crippen LogP contribution in [0, 0.1) is 23.2 Å². The van der Waals surface area contributed by atoms with Crippen molar-refractivity contribution in [3.05, 3.63) is 349 Å². The minimum atomic E-state index is -1.04. The first-order valence-corrected chi connectivity index (χ1v) is 50.5. The number of aliphatic hydroxyl groups is 1. The third-order valence-electron chi connectivity index (χ3n) is 25.7. The van der Waals surface area contributed by atoms with E-state index in [0.29, 0.717) is 95.1 Å². The lowest BCUT2D eigenvalue weighted by Crippen LogP contribution is -2.38. The van der Waals surface area contributed by atoms with E-state index in [0.717, 1.165) is 119 Å². The molecule has 12 N–H and O–H groups in total. The van der Waals surface area contributed by atoms with Crippen LogP contribution in [0.25, 0.3) is 66.2 Å². The van der Waals surface area contributed by atoms with Crippen molar-refractivity contribution < 1.29 is 53.5 Å². The second-order valence-corrected chi connectivity index (χ2v) is 37.3. The molecule has 12 aromatic heterocycles. The average molecular weight is 2120 g/mol. The summed E-state index contributed by atoms with van der Waals surface area (Å²) in [6, 6.07) is 46.2. The lowest BCUT2D eigenvalue weighted by atomic mass is 9.97. The van der Waals surface area contributed by atoms with Gasteiger partial charge in [-0.2, -0.15) is 15.3 Å². The number of fused-ring (bicyclic) bond motifs is 6. The molecular formula is C104H106N26O15S5. The largest absolute Gasteiger partial charge is 0.510 e. The van der Waals surface area contributed by atoms with Gasteiger partial charge in [0.05, 0.1) is 66.4 Å². The number of benzene rings is 6. The first-order valence-electron chi connectivity index (χ1n) is 48.5. The number of allylic oxidation sites excluding steroid dienone is 1. The van der Waals surface area contributed by atoms with Crippen molar-refractivity contribution in [1.29, 1.82) is 0 Å². The second kappa shape index (κ2) is 49.6. The van der Waals surface area contributed by atoms with E-state index in [9.17, 15) is 58.5 Å². The molecule has 1 aliphatic heterocycles. The number of nitrogens with one attached hydrogen (secondary N) is 9. The van der Waals surface area contributed by atoms with Gasteiger partial charge < -0.3 is 62.2 Å².